The molecule has 0 unspecified atom stereocenters. The summed E-state index contributed by atoms with van der Waals surface area (Å²) >= 11 is 6.10. The summed E-state index contributed by atoms with van der Waals surface area (Å²) in [5.74, 6) is 0.178. The average molecular weight is 302 g/mol. The molecule has 21 heavy (non-hydrogen) atoms. The van der Waals surface area contributed by atoms with Crippen LogP contribution in [0.25, 0.3) is 11.0 Å². The van der Waals surface area contributed by atoms with Crippen LogP contribution >= 0.6 is 11.6 Å². The normalized spacial score (nSPS) is 11.2. The lowest BCUT2D eigenvalue weighted by Crippen LogP contribution is -2.06. The Morgan fingerprint density at radius 2 is 1.95 bits per heavy atom. The molecule has 0 saturated carbocycles. The number of nitrogen functional groups attached to an aromatic ring is 1. The number of anilines is 1. The second-order valence-electron chi connectivity index (χ2n) is 5.19. The van der Waals surface area contributed by atoms with Gasteiger partial charge in [-0.3, -0.25) is 4.98 Å². The van der Waals surface area contributed by atoms with Crippen LogP contribution in [0.4, 0.5) is 5.95 Å². The van der Waals surface area contributed by atoms with Gasteiger partial charge in [0.25, 0.3) is 0 Å². The van der Waals surface area contributed by atoms with Crippen LogP contribution in [0.3, 0.4) is 0 Å². The fraction of sp³-hybridized carbons (Fsp3) is 0.267. The number of fused-ring (bicyclic) bond motifs is 1. The van der Waals surface area contributed by atoms with E-state index in [-0.39, 0.29) is 5.95 Å². The summed E-state index contributed by atoms with van der Waals surface area (Å²) in [6.07, 6.45) is 3.83. The molecule has 0 spiro atoms. The molecule has 2 N–H and O–H groups in total. The molecule has 3 rings (SSSR count). The number of hydrogen-bond donors (Lipinski definition) is 1. The number of halogens is 1. The first-order chi connectivity index (χ1) is 9.97. The van der Waals surface area contributed by atoms with Crippen LogP contribution in [0.1, 0.15) is 22.4 Å². The van der Waals surface area contributed by atoms with E-state index in [9.17, 15) is 0 Å². The minimum Gasteiger partial charge on any atom is -0.368 e. The molecule has 0 aliphatic heterocycles. The molecule has 6 heteroatoms. The number of aromatic nitrogens is 4. The summed E-state index contributed by atoms with van der Waals surface area (Å²) in [5.41, 5.74) is 11.1. The van der Waals surface area contributed by atoms with E-state index in [0.717, 1.165) is 16.7 Å². The fourth-order valence-corrected chi connectivity index (χ4v) is 2.61. The van der Waals surface area contributed by atoms with Gasteiger partial charge in [0.15, 0.2) is 0 Å². The van der Waals surface area contributed by atoms with E-state index in [1.165, 1.54) is 16.7 Å². The van der Waals surface area contributed by atoms with Gasteiger partial charge in [0.05, 0.1) is 17.6 Å². The predicted octanol–water partition coefficient (Wildman–Crippen LogP) is 3.04. The van der Waals surface area contributed by atoms with Crippen LogP contribution < -0.4 is 5.73 Å². The molecular weight excluding hydrogens is 286 g/mol. The standard InChI is InChI=1S/C15H16ClN5/c1-8-6-18-12(10(3)9(8)2)7-21-5-4-11-13(16)19-15(17)20-14(11)21/h4-6H,7H2,1-3H3,(H2,17,19,20). The highest BCUT2D eigenvalue weighted by Gasteiger charge is 2.11. The molecule has 3 aromatic heterocycles. The first-order valence-electron chi connectivity index (χ1n) is 6.67. The summed E-state index contributed by atoms with van der Waals surface area (Å²) in [6, 6.07) is 1.90. The van der Waals surface area contributed by atoms with Crippen molar-refractivity contribution in [1.29, 1.82) is 0 Å². The van der Waals surface area contributed by atoms with Crippen molar-refractivity contribution in [2.45, 2.75) is 27.3 Å². The Morgan fingerprint density at radius 3 is 2.71 bits per heavy atom. The molecule has 0 fully saturated rings. The van der Waals surface area contributed by atoms with Crippen LogP contribution in [-0.2, 0) is 6.54 Å². The second-order valence-corrected chi connectivity index (χ2v) is 5.55. The van der Waals surface area contributed by atoms with Crippen LogP contribution in [0.15, 0.2) is 18.5 Å². The molecule has 0 atom stereocenters. The quantitative estimate of drug-likeness (QED) is 0.739. The number of aryl methyl sites for hydroxylation is 1. The van der Waals surface area contributed by atoms with Gasteiger partial charge in [-0.2, -0.15) is 4.98 Å². The highest BCUT2D eigenvalue weighted by Crippen LogP contribution is 2.23. The number of nitrogens with two attached hydrogens (primary N) is 1. The average Bonchev–Trinajstić information content (AvgIpc) is 2.83. The first kappa shape index (κ1) is 13.8. The highest BCUT2D eigenvalue weighted by atomic mass is 35.5. The molecule has 0 radical (unpaired) electrons. The van der Waals surface area contributed by atoms with E-state index >= 15 is 0 Å². The third-order valence-corrected chi connectivity index (χ3v) is 4.20. The Hall–Kier alpha value is -2.14. The van der Waals surface area contributed by atoms with Crippen molar-refractivity contribution in [1.82, 2.24) is 19.5 Å². The summed E-state index contributed by atoms with van der Waals surface area (Å²) in [7, 11) is 0. The van der Waals surface area contributed by atoms with Crippen LogP contribution in [-0.4, -0.2) is 19.5 Å². The van der Waals surface area contributed by atoms with Gasteiger partial charge >= 0.3 is 0 Å². The number of hydrogen-bond acceptors (Lipinski definition) is 4. The topological polar surface area (TPSA) is 69.6 Å². The van der Waals surface area contributed by atoms with Crippen molar-refractivity contribution in [3.63, 3.8) is 0 Å². The molecule has 0 aromatic carbocycles. The monoisotopic (exact) mass is 301 g/mol. The van der Waals surface area contributed by atoms with E-state index in [1.807, 2.05) is 23.0 Å². The van der Waals surface area contributed by atoms with Gasteiger partial charge in [0, 0.05) is 12.4 Å². The van der Waals surface area contributed by atoms with Crippen molar-refractivity contribution in [3.8, 4) is 0 Å². The maximum Gasteiger partial charge on any atom is 0.223 e. The second kappa shape index (κ2) is 5.00. The predicted molar refractivity (Wildman–Crippen MR) is 84.5 cm³/mol. The SMILES string of the molecule is Cc1cnc(Cn2ccc3c(Cl)nc(N)nc32)c(C)c1C. The molecule has 0 bridgehead atoms. The van der Waals surface area contributed by atoms with Gasteiger partial charge in [0.1, 0.15) is 10.8 Å². The highest BCUT2D eigenvalue weighted by molar-refractivity contribution is 6.34. The smallest absolute Gasteiger partial charge is 0.223 e. The van der Waals surface area contributed by atoms with Crippen molar-refractivity contribution in [2.24, 2.45) is 0 Å². The van der Waals surface area contributed by atoms with E-state index in [1.54, 1.807) is 0 Å². The first-order valence-corrected chi connectivity index (χ1v) is 7.04. The summed E-state index contributed by atoms with van der Waals surface area (Å²) < 4.78 is 1.99. The number of rotatable bonds is 2. The number of nitrogens with zero attached hydrogens (tertiary/aromatic N) is 4. The zero-order valence-corrected chi connectivity index (χ0v) is 12.9. The van der Waals surface area contributed by atoms with Gasteiger partial charge in [0.2, 0.25) is 5.95 Å². The Balaban J connectivity index is 2.09. The third kappa shape index (κ3) is 2.34. The Bertz CT molecular complexity index is 838. The fourth-order valence-electron chi connectivity index (χ4n) is 2.37. The molecule has 3 heterocycles. The van der Waals surface area contributed by atoms with Gasteiger partial charge in [-0.05, 0) is 43.5 Å². The molecule has 0 aliphatic rings. The molecule has 3 aromatic rings. The van der Waals surface area contributed by atoms with E-state index in [4.69, 9.17) is 17.3 Å². The maximum absolute atomic E-state index is 6.10. The van der Waals surface area contributed by atoms with E-state index in [0.29, 0.717) is 11.7 Å². The summed E-state index contributed by atoms with van der Waals surface area (Å²) in [6.45, 7) is 6.90. The van der Waals surface area contributed by atoms with Crippen LogP contribution in [0.2, 0.25) is 5.15 Å². The lowest BCUT2D eigenvalue weighted by Gasteiger charge is -2.11. The summed E-state index contributed by atoms with van der Waals surface area (Å²) in [5, 5.41) is 1.17. The van der Waals surface area contributed by atoms with E-state index < -0.39 is 0 Å². The molecule has 108 valence electrons. The van der Waals surface area contributed by atoms with Crippen LogP contribution in [0.5, 0.6) is 0 Å². The zero-order valence-electron chi connectivity index (χ0n) is 12.2. The van der Waals surface area contributed by atoms with Crippen LogP contribution in [0, 0.1) is 20.8 Å². The lowest BCUT2D eigenvalue weighted by atomic mass is 10.0. The Kier molecular flexibility index (Phi) is 3.29. The largest absolute Gasteiger partial charge is 0.368 e. The van der Waals surface area contributed by atoms with Crippen molar-refractivity contribution < 1.29 is 0 Å². The third-order valence-electron chi connectivity index (χ3n) is 3.91. The van der Waals surface area contributed by atoms with Gasteiger partial charge in [-0.15, -0.1) is 0 Å². The van der Waals surface area contributed by atoms with Crippen molar-refractivity contribution in [3.05, 3.63) is 46.0 Å². The van der Waals surface area contributed by atoms with Crippen molar-refractivity contribution in [2.75, 3.05) is 5.73 Å². The van der Waals surface area contributed by atoms with Gasteiger partial charge in [-0.1, -0.05) is 11.6 Å². The molecule has 0 amide bonds. The van der Waals surface area contributed by atoms with Gasteiger partial charge in [-0.25, -0.2) is 4.98 Å². The lowest BCUT2D eigenvalue weighted by molar-refractivity contribution is 0.786. The van der Waals surface area contributed by atoms with E-state index in [2.05, 4.69) is 35.7 Å². The minimum atomic E-state index is 0.178. The molecule has 0 saturated heterocycles. The van der Waals surface area contributed by atoms with Gasteiger partial charge < -0.3 is 10.3 Å². The maximum atomic E-state index is 6.10. The van der Waals surface area contributed by atoms with Crippen molar-refractivity contribution >= 4 is 28.6 Å². The minimum absolute atomic E-state index is 0.178. The molecule has 0 aliphatic carbocycles. The molecule has 5 nitrogen and oxygen atoms in total. The number of pyridine rings is 1. The summed E-state index contributed by atoms with van der Waals surface area (Å²) in [4.78, 5) is 12.8. The molecular formula is C15H16ClN5. The zero-order chi connectivity index (χ0) is 15.1. The Labute approximate surface area is 127 Å². The Morgan fingerprint density at radius 1 is 1.19 bits per heavy atom.